The first-order chi connectivity index (χ1) is 20.0. The Kier molecular flexibility index (Phi) is 8.54. The number of carbonyl (C=O) groups excluding carboxylic acids is 1. The lowest BCUT2D eigenvalue weighted by Crippen LogP contribution is -2.45. The number of amides is 1. The van der Waals surface area contributed by atoms with E-state index < -0.39 is 15.6 Å². The van der Waals surface area contributed by atoms with Gasteiger partial charge in [-0.15, -0.1) is 0 Å². The molecule has 0 spiro atoms. The average molecular weight is 673 g/mol. The van der Waals surface area contributed by atoms with Crippen LogP contribution < -0.4 is 15.2 Å². The third-order valence-electron chi connectivity index (χ3n) is 7.57. The molecule has 220 valence electrons. The van der Waals surface area contributed by atoms with Crippen molar-refractivity contribution in [1.82, 2.24) is 14.3 Å². The van der Waals surface area contributed by atoms with Crippen LogP contribution in [0.4, 0.5) is 11.4 Å². The molecule has 2 heterocycles. The van der Waals surface area contributed by atoms with E-state index in [1.165, 1.54) is 29.9 Å². The highest BCUT2D eigenvalue weighted by Crippen LogP contribution is 2.29. The molecule has 1 aliphatic heterocycles. The minimum atomic E-state index is -4.22. The summed E-state index contributed by atoms with van der Waals surface area (Å²) in [5, 5.41) is 3.64. The maximum absolute atomic E-state index is 13.8. The van der Waals surface area contributed by atoms with E-state index in [1.54, 1.807) is 47.8 Å². The Labute approximate surface area is 258 Å². The van der Waals surface area contributed by atoms with Crippen molar-refractivity contribution in [2.24, 2.45) is 7.05 Å². The van der Waals surface area contributed by atoms with E-state index in [1.807, 2.05) is 30.3 Å². The second kappa shape index (κ2) is 12.0. The molecule has 0 aliphatic carbocycles. The van der Waals surface area contributed by atoms with E-state index in [0.717, 1.165) is 27.3 Å². The average Bonchev–Trinajstić information content (AvgIpc) is 3.20. The molecule has 4 aromatic rings. The summed E-state index contributed by atoms with van der Waals surface area (Å²) in [7, 11) is -1.18. The fraction of sp³-hybridized carbons (Fsp3) is 0.267. The van der Waals surface area contributed by atoms with Crippen LogP contribution in [-0.2, 0) is 17.1 Å². The standard InChI is InChI=1S/C30H31BrClN5O4S/c1-20-28(30(39)37(34(20)2)24-12-5-4-6-13-24)35(3)42(40,41)25-14-15-27(32)26(18-25)29(38)36-16-8-11-23(19-36)33-22-10-7-9-21(31)17-22/h4-7,9-10,12-15,17-18,23,33H,8,11,16,19H2,1-3H3. The molecular formula is C30H31BrClN5O4S. The summed E-state index contributed by atoms with van der Waals surface area (Å²) in [6.07, 6.45) is 1.68. The van der Waals surface area contributed by atoms with Gasteiger partial charge in [0.25, 0.3) is 21.5 Å². The van der Waals surface area contributed by atoms with Gasteiger partial charge >= 0.3 is 0 Å². The van der Waals surface area contributed by atoms with Crippen LogP contribution in [0.25, 0.3) is 5.69 Å². The molecule has 1 amide bonds. The summed E-state index contributed by atoms with van der Waals surface area (Å²) < 4.78 is 32.6. The minimum Gasteiger partial charge on any atom is -0.380 e. The summed E-state index contributed by atoms with van der Waals surface area (Å²) in [6, 6.07) is 20.9. The van der Waals surface area contributed by atoms with Gasteiger partial charge in [0.1, 0.15) is 5.69 Å². The molecule has 1 fully saturated rings. The van der Waals surface area contributed by atoms with E-state index in [0.29, 0.717) is 24.5 Å². The highest BCUT2D eigenvalue weighted by molar-refractivity contribution is 9.10. The van der Waals surface area contributed by atoms with Gasteiger partial charge in [-0.2, -0.15) is 0 Å². The zero-order chi connectivity index (χ0) is 30.2. The zero-order valence-electron chi connectivity index (χ0n) is 23.4. The van der Waals surface area contributed by atoms with E-state index in [4.69, 9.17) is 11.6 Å². The lowest BCUT2D eigenvalue weighted by Gasteiger charge is -2.34. The molecule has 1 unspecified atom stereocenters. The summed E-state index contributed by atoms with van der Waals surface area (Å²) in [4.78, 5) is 28.7. The number of hydrogen-bond donors (Lipinski definition) is 1. The lowest BCUT2D eigenvalue weighted by molar-refractivity contribution is 0.0714. The molecule has 0 saturated carbocycles. The summed E-state index contributed by atoms with van der Waals surface area (Å²) >= 11 is 9.93. The number of nitrogens with one attached hydrogen (secondary N) is 1. The lowest BCUT2D eigenvalue weighted by atomic mass is 10.0. The number of benzene rings is 3. The van der Waals surface area contributed by atoms with Crippen LogP contribution in [0.3, 0.4) is 0 Å². The predicted molar refractivity (Wildman–Crippen MR) is 169 cm³/mol. The van der Waals surface area contributed by atoms with Crippen molar-refractivity contribution in [3.63, 3.8) is 0 Å². The number of rotatable bonds is 7. The molecular weight excluding hydrogens is 642 g/mol. The van der Waals surface area contributed by atoms with Gasteiger partial charge in [-0.05, 0) is 68.3 Å². The Bertz CT molecular complexity index is 1810. The molecule has 1 saturated heterocycles. The third-order valence-corrected chi connectivity index (χ3v) is 10.1. The topological polar surface area (TPSA) is 96.7 Å². The van der Waals surface area contributed by atoms with Crippen molar-refractivity contribution in [3.05, 3.63) is 104 Å². The number of aromatic nitrogens is 2. The summed E-state index contributed by atoms with van der Waals surface area (Å²) in [5.74, 6) is -0.345. The molecule has 3 aromatic carbocycles. The van der Waals surface area contributed by atoms with Crippen molar-refractivity contribution < 1.29 is 13.2 Å². The largest absolute Gasteiger partial charge is 0.380 e. The van der Waals surface area contributed by atoms with Gasteiger partial charge in [0, 0.05) is 43.4 Å². The normalized spacial score (nSPS) is 15.5. The van der Waals surface area contributed by atoms with Crippen molar-refractivity contribution in [1.29, 1.82) is 0 Å². The van der Waals surface area contributed by atoms with Crippen molar-refractivity contribution in [2.75, 3.05) is 29.8 Å². The molecule has 1 aromatic heterocycles. The molecule has 5 rings (SSSR count). The quantitative estimate of drug-likeness (QED) is 0.282. The van der Waals surface area contributed by atoms with Gasteiger partial charge < -0.3 is 10.2 Å². The highest BCUT2D eigenvalue weighted by Gasteiger charge is 2.31. The Morgan fingerprint density at radius 3 is 2.52 bits per heavy atom. The number of likely N-dealkylation sites (tertiary alicyclic amines) is 1. The molecule has 0 radical (unpaired) electrons. The first-order valence-electron chi connectivity index (χ1n) is 13.4. The number of anilines is 2. The number of hydrogen-bond acceptors (Lipinski definition) is 5. The smallest absolute Gasteiger partial charge is 0.296 e. The van der Waals surface area contributed by atoms with Gasteiger partial charge in [-0.3, -0.25) is 18.6 Å². The maximum Gasteiger partial charge on any atom is 0.296 e. The van der Waals surface area contributed by atoms with Crippen LogP contribution in [0.2, 0.25) is 5.02 Å². The van der Waals surface area contributed by atoms with Crippen molar-refractivity contribution >= 4 is 54.8 Å². The Balaban J connectivity index is 1.42. The van der Waals surface area contributed by atoms with E-state index >= 15 is 0 Å². The second-order valence-electron chi connectivity index (χ2n) is 10.3. The van der Waals surface area contributed by atoms with Gasteiger partial charge in [-0.25, -0.2) is 13.1 Å². The van der Waals surface area contributed by atoms with Crippen LogP contribution >= 0.6 is 27.5 Å². The van der Waals surface area contributed by atoms with Crippen LogP contribution in [0, 0.1) is 6.92 Å². The van der Waals surface area contributed by atoms with E-state index in [2.05, 4.69) is 21.2 Å². The third kappa shape index (κ3) is 5.73. The minimum absolute atomic E-state index is 0.0154. The van der Waals surface area contributed by atoms with Crippen molar-refractivity contribution in [3.8, 4) is 5.69 Å². The number of para-hydroxylation sites is 1. The molecule has 1 atom stereocenters. The molecule has 9 nitrogen and oxygen atoms in total. The number of sulfonamides is 1. The van der Waals surface area contributed by atoms with Crippen LogP contribution in [0.5, 0.6) is 0 Å². The Morgan fingerprint density at radius 2 is 1.81 bits per heavy atom. The second-order valence-corrected chi connectivity index (χ2v) is 13.6. The molecule has 1 N–H and O–H groups in total. The Morgan fingerprint density at radius 1 is 1.07 bits per heavy atom. The number of piperidine rings is 1. The van der Waals surface area contributed by atoms with Crippen LogP contribution in [0.15, 0.2) is 87.0 Å². The maximum atomic E-state index is 13.8. The SMILES string of the molecule is Cc1c(N(C)S(=O)(=O)c2ccc(Cl)c(C(=O)N3CCCC(Nc4cccc(Br)c4)C3)c2)c(=O)n(-c2ccccc2)n1C. The summed E-state index contributed by atoms with van der Waals surface area (Å²) in [5.41, 5.74) is 1.66. The van der Waals surface area contributed by atoms with Gasteiger partial charge in [-0.1, -0.05) is 51.8 Å². The van der Waals surface area contributed by atoms with Gasteiger partial charge in [0.05, 0.1) is 26.9 Å². The molecule has 12 heteroatoms. The van der Waals surface area contributed by atoms with Crippen molar-refractivity contribution in [2.45, 2.75) is 30.7 Å². The number of nitrogens with zero attached hydrogens (tertiary/aromatic N) is 4. The first-order valence-corrected chi connectivity index (χ1v) is 16.0. The fourth-order valence-corrected chi connectivity index (χ4v) is 7.16. The first kappa shape index (κ1) is 29.9. The molecule has 42 heavy (non-hydrogen) atoms. The van der Waals surface area contributed by atoms with E-state index in [-0.39, 0.29) is 33.1 Å². The van der Waals surface area contributed by atoms with Gasteiger partial charge in [0.15, 0.2) is 0 Å². The summed E-state index contributed by atoms with van der Waals surface area (Å²) in [6.45, 7) is 2.67. The van der Waals surface area contributed by atoms with Gasteiger partial charge in [0.2, 0.25) is 0 Å². The number of halogens is 2. The monoisotopic (exact) mass is 671 g/mol. The number of carbonyl (C=O) groups is 1. The molecule has 0 bridgehead atoms. The van der Waals surface area contributed by atoms with Crippen LogP contribution in [0.1, 0.15) is 28.9 Å². The zero-order valence-corrected chi connectivity index (χ0v) is 26.6. The highest BCUT2D eigenvalue weighted by atomic mass is 79.9. The van der Waals surface area contributed by atoms with E-state index in [9.17, 15) is 18.0 Å². The molecule has 1 aliphatic rings. The predicted octanol–water partition coefficient (Wildman–Crippen LogP) is 5.44. The van der Waals surface area contributed by atoms with Crippen LogP contribution in [-0.4, -0.2) is 54.8 Å². The fourth-order valence-electron chi connectivity index (χ4n) is 5.29. The Hall–Kier alpha value is -3.54.